The van der Waals surface area contributed by atoms with E-state index in [1.807, 2.05) is 24.3 Å². The molecule has 4 N–H and O–H groups in total. The monoisotopic (exact) mass is 633 g/mol. The van der Waals surface area contributed by atoms with Crippen LogP contribution in [0.4, 0.5) is 10.1 Å². The fourth-order valence-corrected chi connectivity index (χ4v) is 5.75. The number of hydrogen-bond acceptors (Lipinski definition) is 5. The second-order valence-corrected chi connectivity index (χ2v) is 12.7. The van der Waals surface area contributed by atoms with Crippen molar-refractivity contribution in [1.82, 2.24) is 15.1 Å². The van der Waals surface area contributed by atoms with E-state index in [1.165, 1.54) is 17.0 Å². The lowest BCUT2D eigenvalue weighted by molar-refractivity contribution is -0.144. The van der Waals surface area contributed by atoms with Crippen molar-refractivity contribution in [3.8, 4) is 0 Å². The summed E-state index contributed by atoms with van der Waals surface area (Å²) in [5.41, 5.74) is 7.56. The molecule has 1 fully saturated rings. The van der Waals surface area contributed by atoms with E-state index < -0.39 is 29.7 Å². The third kappa shape index (κ3) is 8.04. The van der Waals surface area contributed by atoms with Crippen molar-refractivity contribution in [3.05, 3.63) is 63.4 Å². The number of nitrogens with one attached hydrogen (secondary N) is 2. The molecule has 0 aromatic heterocycles. The van der Waals surface area contributed by atoms with Gasteiger partial charge in [-0.3, -0.25) is 19.2 Å². The van der Waals surface area contributed by atoms with Gasteiger partial charge in [0.1, 0.15) is 12.1 Å². The molecule has 2 aromatic carbocycles. The highest BCUT2D eigenvalue weighted by Crippen LogP contribution is 2.31. The number of piperidine rings is 1. The van der Waals surface area contributed by atoms with Gasteiger partial charge in [-0.1, -0.05) is 61.3 Å². The number of halogens is 3. The fourth-order valence-electron chi connectivity index (χ4n) is 5.44. The average molecular weight is 635 g/mol. The molecule has 2 aliphatic rings. The number of benzene rings is 2. The summed E-state index contributed by atoms with van der Waals surface area (Å²) in [7, 11) is 0. The molecule has 4 amide bonds. The van der Waals surface area contributed by atoms with Gasteiger partial charge in [0.15, 0.2) is 5.82 Å². The molecule has 4 rings (SSSR count). The predicted octanol–water partition coefficient (Wildman–Crippen LogP) is 4.29. The van der Waals surface area contributed by atoms with Crippen LogP contribution in [0.2, 0.25) is 10.0 Å². The summed E-state index contributed by atoms with van der Waals surface area (Å²) in [4.78, 5) is 56.4. The van der Waals surface area contributed by atoms with Crippen LogP contribution in [0.5, 0.6) is 0 Å². The molecule has 2 atom stereocenters. The van der Waals surface area contributed by atoms with Gasteiger partial charge in [-0.25, -0.2) is 4.39 Å². The Bertz CT molecular complexity index is 1380. The van der Waals surface area contributed by atoms with Gasteiger partial charge in [-0.05, 0) is 54.5 Å². The second kappa shape index (κ2) is 14.1. The van der Waals surface area contributed by atoms with E-state index in [1.54, 1.807) is 4.90 Å². The number of fused-ring (bicyclic) bond motifs is 1. The lowest BCUT2D eigenvalue weighted by Crippen LogP contribution is -2.56. The highest BCUT2D eigenvalue weighted by Gasteiger charge is 2.37. The van der Waals surface area contributed by atoms with E-state index in [0.717, 1.165) is 24.0 Å². The third-order valence-corrected chi connectivity index (χ3v) is 9.06. The van der Waals surface area contributed by atoms with E-state index >= 15 is 0 Å². The van der Waals surface area contributed by atoms with Gasteiger partial charge in [0.05, 0.1) is 15.7 Å². The Morgan fingerprint density at radius 1 is 1.02 bits per heavy atom. The number of likely N-dealkylation sites (tertiary alicyclic amines) is 1. The molecule has 0 bridgehead atoms. The first-order valence-electron chi connectivity index (χ1n) is 14.5. The molecular weight excluding hydrogens is 596 g/mol. The van der Waals surface area contributed by atoms with Crippen molar-refractivity contribution < 1.29 is 23.6 Å². The Labute approximate surface area is 261 Å². The second-order valence-electron chi connectivity index (χ2n) is 11.9. The van der Waals surface area contributed by atoms with Crippen LogP contribution in [0, 0.1) is 11.2 Å². The molecule has 12 heteroatoms. The third-order valence-electron chi connectivity index (χ3n) is 8.28. The SMILES string of the molecule is CC1(C)CCN(C(=O)CCC(=O)N2Cc3ccccc3C[C@H]2C(=O)NC(CCN)C(=O)Nc2ccc(Cl)c(Cl)c2F)CC1. The molecule has 0 radical (unpaired) electrons. The van der Waals surface area contributed by atoms with Crippen LogP contribution in [-0.2, 0) is 32.1 Å². The van der Waals surface area contributed by atoms with Gasteiger partial charge in [0, 0.05) is 38.9 Å². The molecule has 2 aliphatic heterocycles. The first-order valence-corrected chi connectivity index (χ1v) is 15.2. The van der Waals surface area contributed by atoms with E-state index in [0.29, 0.717) is 13.1 Å². The molecule has 0 saturated carbocycles. The largest absolute Gasteiger partial charge is 0.343 e. The van der Waals surface area contributed by atoms with Crippen LogP contribution in [0.3, 0.4) is 0 Å². The van der Waals surface area contributed by atoms with Crippen LogP contribution in [0.15, 0.2) is 36.4 Å². The lowest BCUT2D eigenvalue weighted by Gasteiger charge is -2.38. The maximum atomic E-state index is 14.6. The van der Waals surface area contributed by atoms with Crippen LogP contribution in [-0.4, -0.2) is 65.1 Å². The first-order chi connectivity index (χ1) is 20.4. The van der Waals surface area contributed by atoms with Crippen molar-refractivity contribution in [2.24, 2.45) is 11.1 Å². The first kappa shape index (κ1) is 32.7. The Kier molecular flexibility index (Phi) is 10.7. The van der Waals surface area contributed by atoms with Gasteiger partial charge in [-0.2, -0.15) is 0 Å². The smallest absolute Gasteiger partial charge is 0.247 e. The quantitative estimate of drug-likeness (QED) is 0.355. The fraction of sp³-hybridized carbons (Fsp3) is 0.484. The summed E-state index contributed by atoms with van der Waals surface area (Å²) >= 11 is 11.7. The van der Waals surface area contributed by atoms with E-state index in [9.17, 15) is 23.6 Å². The Hall–Kier alpha value is -3.21. The Morgan fingerprint density at radius 3 is 2.35 bits per heavy atom. The zero-order valence-corrected chi connectivity index (χ0v) is 25.9. The van der Waals surface area contributed by atoms with Gasteiger partial charge in [0.2, 0.25) is 23.6 Å². The number of carbonyl (C=O) groups excluding carboxylic acids is 4. The van der Waals surface area contributed by atoms with Crippen molar-refractivity contribution in [1.29, 1.82) is 0 Å². The summed E-state index contributed by atoms with van der Waals surface area (Å²) in [5.74, 6) is -2.53. The number of amides is 4. The standard InChI is InChI=1S/C31H38Cl2FN5O4/c1-31(2)12-15-38(16-13-31)25(40)9-10-26(41)39-18-20-6-4-3-5-19(20)17-24(39)30(43)37-23(11-14-35)29(42)36-22-8-7-21(32)27(33)28(22)34/h3-8,23-24H,9-18,35H2,1-2H3,(H,36,42)(H,37,43)/t23?,24-/m0/s1. The zero-order valence-electron chi connectivity index (χ0n) is 24.4. The molecule has 0 spiro atoms. The van der Waals surface area contributed by atoms with Crippen molar-refractivity contribution >= 4 is 52.5 Å². The number of nitrogens with zero attached hydrogens (tertiary/aromatic N) is 2. The average Bonchev–Trinajstić information content (AvgIpc) is 2.98. The van der Waals surface area contributed by atoms with Gasteiger partial charge >= 0.3 is 0 Å². The molecule has 9 nitrogen and oxygen atoms in total. The molecule has 1 unspecified atom stereocenters. The summed E-state index contributed by atoms with van der Waals surface area (Å²) in [6, 6.07) is 8.13. The van der Waals surface area contributed by atoms with Gasteiger partial charge in [0.25, 0.3) is 0 Å². The van der Waals surface area contributed by atoms with Crippen molar-refractivity contribution in [3.63, 3.8) is 0 Å². The molecule has 2 heterocycles. The maximum absolute atomic E-state index is 14.6. The topological polar surface area (TPSA) is 125 Å². The minimum absolute atomic E-state index is 0.00658. The minimum atomic E-state index is -1.11. The van der Waals surface area contributed by atoms with Crippen LogP contribution < -0.4 is 16.4 Å². The number of carbonyl (C=O) groups is 4. The van der Waals surface area contributed by atoms with E-state index in [-0.39, 0.29) is 71.7 Å². The lowest BCUT2D eigenvalue weighted by atomic mass is 9.82. The number of anilines is 1. The van der Waals surface area contributed by atoms with Gasteiger partial charge < -0.3 is 26.2 Å². The summed E-state index contributed by atoms with van der Waals surface area (Å²) in [6.45, 7) is 5.96. The summed E-state index contributed by atoms with van der Waals surface area (Å²) in [6.07, 6.45) is 2.15. The normalized spacial score (nSPS) is 18.4. The van der Waals surface area contributed by atoms with Gasteiger partial charge in [-0.15, -0.1) is 0 Å². The van der Waals surface area contributed by atoms with Crippen LogP contribution in [0.25, 0.3) is 0 Å². The number of rotatable bonds is 9. The molecule has 0 aliphatic carbocycles. The van der Waals surface area contributed by atoms with Crippen molar-refractivity contribution in [2.75, 3.05) is 25.0 Å². The number of nitrogens with two attached hydrogens (primary N) is 1. The molecular formula is C31H38Cl2FN5O4. The minimum Gasteiger partial charge on any atom is -0.343 e. The van der Waals surface area contributed by atoms with Crippen molar-refractivity contribution in [2.45, 2.75) is 71.0 Å². The van der Waals surface area contributed by atoms with Crippen LogP contribution >= 0.6 is 23.2 Å². The molecule has 1 saturated heterocycles. The summed E-state index contributed by atoms with van der Waals surface area (Å²) in [5, 5.41) is 4.81. The highest BCUT2D eigenvalue weighted by atomic mass is 35.5. The van der Waals surface area contributed by atoms with E-state index in [2.05, 4.69) is 24.5 Å². The zero-order chi connectivity index (χ0) is 31.3. The number of hydrogen-bond donors (Lipinski definition) is 3. The van der Waals surface area contributed by atoms with Crippen LogP contribution in [0.1, 0.15) is 57.1 Å². The molecule has 43 heavy (non-hydrogen) atoms. The predicted molar refractivity (Wildman–Crippen MR) is 164 cm³/mol. The Balaban J connectivity index is 1.46. The Morgan fingerprint density at radius 2 is 1.67 bits per heavy atom. The molecule has 232 valence electrons. The highest BCUT2D eigenvalue weighted by molar-refractivity contribution is 6.42. The molecule has 2 aromatic rings. The maximum Gasteiger partial charge on any atom is 0.247 e. The van der Waals surface area contributed by atoms with E-state index in [4.69, 9.17) is 28.9 Å². The summed E-state index contributed by atoms with van der Waals surface area (Å²) < 4.78 is 14.6.